The molecule has 0 unspecified atom stereocenters. The zero-order valence-corrected chi connectivity index (χ0v) is 13.4. The van der Waals surface area contributed by atoms with E-state index in [4.69, 9.17) is 4.98 Å². The minimum Gasteiger partial charge on any atom is -0.291 e. The largest absolute Gasteiger partial charge is 0.291 e. The maximum Gasteiger partial charge on any atom is 0.233 e. The highest BCUT2D eigenvalue weighted by molar-refractivity contribution is 5.30. The number of aryl methyl sites for hydroxylation is 1. The Morgan fingerprint density at radius 2 is 2.09 bits per heavy atom. The second-order valence-corrected chi connectivity index (χ2v) is 6.24. The minimum absolute atomic E-state index is 0.354. The van der Waals surface area contributed by atoms with Crippen LogP contribution in [0.2, 0.25) is 0 Å². The van der Waals surface area contributed by atoms with Gasteiger partial charge >= 0.3 is 0 Å². The molecule has 5 heteroatoms. The van der Waals surface area contributed by atoms with Gasteiger partial charge in [-0.1, -0.05) is 12.5 Å². The first-order chi connectivity index (χ1) is 11.3. The average molecular weight is 307 g/mol. The van der Waals surface area contributed by atoms with Crippen molar-refractivity contribution in [3.8, 4) is 0 Å². The molecule has 4 rings (SSSR count). The molecule has 0 aromatic carbocycles. The number of fused-ring (bicyclic) bond motifs is 1. The Balaban J connectivity index is 1.61. The molecule has 1 aliphatic heterocycles. The summed E-state index contributed by atoms with van der Waals surface area (Å²) in [4.78, 5) is 16.2. The number of piperidine rings is 1. The quantitative estimate of drug-likeness (QED) is 0.745. The lowest BCUT2D eigenvalue weighted by molar-refractivity contribution is 0.135. The van der Waals surface area contributed by atoms with Crippen molar-refractivity contribution in [2.75, 3.05) is 6.54 Å². The van der Waals surface area contributed by atoms with Crippen LogP contribution in [-0.2, 0) is 6.54 Å². The number of rotatable bonds is 3. The van der Waals surface area contributed by atoms with E-state index in [0.29, 0.717) is 6.04 Å². The second kappa shape index (κ2) is 6.08. The summed E-state index contributed by atoms with van der Waals surface area (Å²) < 4.78 is 1.96. The number of nitrogens with zero attached hydrogens (tertiary/aromatic N) is 5. The number of hydrogen-bond acceptors (Lipinski definition) is 4. The third-order valence-electron chi connectivity index (χ3n) is 4.55. The van der Waals surface area contributed by atoms with E-state index in [1.165, 1.54) is 12.8 Å². The first-order valence-electron chi connectivity index (χ1n) is 8.26. The van der Waals surface area contributed by atoms with Crippen LogP contribution in [0.1, 0.15) is 42.4 Å². The highest BCUT2D eigenvalue weighted by atomic mass is 15.2. The fourth-order valence-electron chi connectivity index (χ4n) is 3.41. The zero-order valence-electron chi connectivity index (χ0n) is 13.4. The average Bonchev–Trinajstić information content (AvgIpc) is 3.03. The lowest BCUT2D eigenvalue weighted by Crippen LogP contribution is -2.33. The zero-order chi connectivity index (χ0) is 15.6. The van der Waals surface area contributed by atoms with E-state index in [9.17, 15) is 0 Å². The van der Waals surface area contributed by atoms with Gasteiger partial charge in [-0.15, -0.1) is 0 Å². The fraction of sp³-hybridized carbons (Fsp3) is 0.389. The van der Waals surface area contributed by atoms with Gasteiger partial charge < -0.3 is 0 Å². The maximum absolute atomic E-state index is 4.76. The smallest absolute Gasteiger partial charge is 0.233 e. The summed E-state index contributed by atoms with van der Waals surface area (Å²) in [6, 6.07) is 8.73. The Labute approximate surface area is 136 Å². The van der Waals surface area contributed by atoms with Gasteiger partial charge in [-0.25, -0.2) is 9.97 Å². The van der Waals surface area contributed by atoms with Crippen LogP contribution < -0.4 is 0 Å². The lowest BCUT2D eigenvalue weighted by atomic mass is 9.99. The summed E-state index contributed by atoms with van der Waals surface area (Å²) in [5.74, 6) is 0.779. The number of imidazole rings is 1. The second-order valence-electron chi connectivity index (χ2n) is 6.24. The maximum atomic E-state index is 4.76. The first-order valence-corrected chi connectivity index (χ1v) is 8.26. The third-order valence-corrected chi connectivity index (χ3v) is 4.55. The van der Waals surface area contributed by atoms with Gasteiger partial charge in [0.1, 0.15) is 0 Å². The van der Waals surface area contributed by atoms with Gasteiger partial charge in [0.15, 0.2) is 0 Å². The summed E-state index contributed by atoms with van der Waals surface area (Å²) in [6.45, 7) is 4.03. The van der Waals surface area contributed by atoms with Crippen molar-refractivity contribution >= 4 is 5.78 Å². The number of hydrogen-bond donors (Lipinski definition) is 0. The lowest BCUT2D eigenvalue weighted by Gasteiger charge is -2.35. The van der Waals surface area contributed by atoms with Crippen molar-refractivity contribution in [2.45, 2.75) is 38.8 Å². The molecule has 1 fully saturated rings. The van der Waals surface area contributed by atoms with Crippen molar-refractivity contribution in [1.29, 1.82) is 0 Å². The van der Waals surface area contributed by atoms with Gasteiger partial charge in [0.2, 0.25) is 5.78 Å². The summed E-state index contributed by atoms with van der Waals surface area (Å²) in [7, 11) is 0. The van der Waals surface area contributed by atoms with Crippen molar-refractivity contribution in [3.63, 3.8) is 0 Å². The molecule has 5 nitrogen and oxygen atoms in total. The van der Waals surface area contributed by atoms with Gasteiger partial charge in [-0.05, 0) is 44.5 Å². The van der Waals surface area contributed by atoms with Crippen molar-refractivity contribution in [1.82, 2.24) is 24.3 Å². The molecule has 0 bridgehead atoms. The topological polar surface area (TPSA) is 46.3 Å². The first kappa shape index (κ1) is 14.3. The van der Waals surface area contributed by atoms with Crippen LogP contribution in [0, 0.1) is 6.92 Å². The van der Waals surface area contributed by atoms with Gasteiger partial charge in [0.05, 0.1) is 17.4 Å². The number of aromatic nitrogens is 4. The van der Waals surface area contributed by atoms with E-state index >= 15 is 0 Å². The van der Waals surface area contributed by atoms with Crippen LogP contribution in [0.15, 0.2) is 42.9 Å². The molecule has 3 aromatic heterocycles. The normalized spacial score (nSPS) is 19.3. The van der Waals surface area contributed by atoms with Crippen molar-refractivity contribution in [2.24, 2.45) is 0 Å². The van der Waals surface area contributed by atoms with Crippen LogP contribution in [-0.4, -0.2) is 30.8 Å². The highest BCUT2D eigenvalue weighted by Crippen LogP contribution is 2.31. The monoisotopic (exact) mass is 307 g/mol. The van der Waals surface area contributed by atoms with Crippen LogP contribution >= 0.6 is 0 Å². The number of pyridine rings is 1. The molecule has 0 aliphatic carbocycles. The molecule has 0 amide bonds. The third kappa shape index (κ3) is 2.97. The molecule has 23 heavy (non-hydrogen) atoms. The van der Waals surface area contributed by atoms with E-state index in [-0.39, 0.29) is 0 Å². The molecule has 0 radical (unpaired) electrons. The van der Waals surface area contributed by atoms with E-state index in [0.717, 1.165) is 42.4 Å². The molecule has 1 atom stereocenters. The Morgan fingerprint density at radius 1 is 1.13 bits per heavy atom. The van der Waals surface area contributed by atoms with Crippen LogP contribution in [0.4, 0.5) is 0 Å². The molecule has 4 heterocycles. The standard InChI is InChI=1S/C18H21N5/c1-14-5-4-6-15(20-14)13-23-10-3-2-7-17(23)16-8-11-22-12-9-19-18(22)21-16/h4-6,8-9,11-12,17H,2-3,7,10,13H2,1H3/t17-/m1/s1. The number of likely N-dealkylation sites (tertiary alicyclic amines) is 1. The molecule has 3 aromatic rings. The Bertz CT molecular complexity index is 810. The van der Waals surface area contributed by atoms with Crippen LogP contribution in [0.3, 0.4) is 0 Å². The predicted octanol–water partition coefficient (Wildman–Crippen LogP) is 3.16. The summed E-state index contributed by atoms with van der Waals surface area (Å²) >= 11 is 0. The van der Waals surface area contributed by atoms with Crippen molar-refractivity contribution in [3.05, 3.63) is 59.9 Å². The molecule has 1 saturated heterocycles. The van der Waals surface area contributed by atoms with Crippen molar-refractivity contribution < 1.29 is 0 Å². The molecule has 1 aliphatic rings. The fourth-order valence-corrected chi connectivity index (χ4v) is 3.41. The summed E-state index contributed by atoms with van der Waals surface area (Å²) in [5, 5.41) is 0. The molecule has 0 N–H and O–H groups in total. The molecule has 118 valence electrons. The highest BCUT2D eigenvalue weighted by Gasteiger charge is 2.25. The Kier molecular flexibility index (Phi) is 3.79. The summed E-state index contributed by atoms with van der Waals surface area (Å²) in [5.41, 5.74) is 3.34. The Hall–Kier alpha value is -2.27. The van der Waals surface area contributed by atoms with Crippen LogP contribution in [0.5, 0.6) is 0 Å². The van der Waals surface area contributed by atoms with Gasteiger partial charge in [0.25, 0.3) is 0 Å². The van der Waals surface area contributed by atoms with Gasteiger partial charge in [-0.3, -0.25) is 14.3 Å². The van der Waals surface area contributed by atoms with Crippen LogP contribution in [0.25, 0.3) is 5.78 Å². The summed E-state index contributed by atoms with van der Waals surface area (Å²) in [6.07, 6.45) is 9.43. The van der Waals surface area contributed by atoms with Gasteiger partial charge in [0, 0.05) is 30.8 Å². The van der Waals surface area contributed by atoms with E-state index in [2.05, 4.69) is 39.3 Å². The SMILES string of the molecule is Cc1cccc(CN2CCCC[C@@H]2c2ccn3ccnc3n2)n1. The van der Waals surface area contributed by atoms with Gasteiger partial charge in [-0.2, -0.15) is 0 Å². The predicted molar refractivity (Wildman–Crippen MR) is 89.0 cm³/mol. The van der Waals surface area contributed by atoms with E-state index < -0.39 is 0 Å². The molecular formula is C18H21N5. The minimum atomic E-state index is 0.354. The van der Waals surface area contributed by atoms with E-state index in [1.54, 1.807) is 6.20 Å². The molecule has 0 saturated carbocycles. The molecule has 0 spiro atoms. The molecular weight excluding hydrogens is 286 g/mol. The Morgan fingerprint density at radius 3 is 3.00 bits per heavy atom. The van der Waals surface area contributed by atoms with E-state index in [1.807, 2.05) is 23.6 Å².